The third-order valence-corrected chi connectivity index (χ3v) is 14.3. The Hall–Kier alpha value is -3.48. The lowest BCUT2D eigenvalue weighted by Crippen LogP contribution is -2.57. The Labute approximate surface area is 281 Å². The normalized spacial score (nSPS) is 15.6. The van der Waals surface area contributed by atoms with Gasteiger partial charge in [0.25, 0.3) is 5.56 Å². The standard InChI is InChI=1S/C35H47FN2O7SSi/c1-33(2,3)46-29(38-21-20-27(39)37-32(38)42)28(36)35(7,23-44-31(41)25-18-14-11-15-19-25)26(45-47(8,9)34(4,5)6)22-43-30(40)24-16-12-10-13-17-24/h10-21,26,28-29H,22-23H2,1-9H3,(H,37,39,42)/t26-,28+,29+,35-/m1/s1. The molecule has 0 spiro atoms. The number of alkyl halides is 1. The number of ether oxygens (including phenoxy) is 2. The van der Waals surface area contributed by atoms with Gasteiger partial charge in [0.1, 0.15) is 24.8 Å². The Bertz CT molecular complexity index is 1620. The molecule has 9 nitrogen and oxygen atoms in total. The van der Waals surface area contributed by atoms with E-state index in [0.717, 1.165) is 10.6 Å². The molecule has 1 heterocycles. The molecule has 0 aliphatic heterocycles. The second-order valence-corrected chi connectivity index (χ2v) is 21.0. The van der Waals surface area contributed by atoms with Gasteiger partial charge in [-0.15, -0.1) is 11.8 Å². The van der Waals surface area contributed by atoms with Gasteiger partial charge in [0.15, 0.2) is 8.32 Å². The maximum absolute atomic E-state index is 17.8. The molecule has 0 radical (unpaired) electrons. The minimum Gasteiger partial charge on any atom is -0.461 e. The summed E-state index contributed by atoms with van der Waals surface area (Å²) in [6.45, 7) is 16.5. The summed E-state index contributed by atoms with van der Waals surface area (Å²) in [5, 5.41) is -1.52. The van der Waals surface area contributed by atoms with Gasteiger partial charge in [0.05, 0.1) is 22.6 Å². The molecule has 0 amide bonds. The number of aromatic nitrogens is 2. The topological polar surface area (TPSA) is 117 Å². The van der Waals surface area contributed by atoms with Crippen LogP contribution >= 0.6 is 11.8 Å². The Balaban J connectivity index is 2.18. The van der Waals surface area contributed by atoms with Crippen LogP contribution < -0.4 is 11.2 Å². The third-order valence-electron chi connectivity index (χ3n) is 8.36. The highest BCUT2D eigenvalue weighted by Gasteiger charge is 2.53. The van der Waals surface area contributed by atoms with Crippen molar-refractivity contribution in [2.75, 3.05) is 13.2 Å². The van der Waals surface area contributed by atoms with Gasteiger partial charge in [0, 0.05) is 17.0 Å². The molecular formula is C35H47FN2O7SSi. The van der Waals surface area contributed by atoms with Crippen LogP contribution in [0.4, 0.5) is 4.39 Å². The lowest BCUT2D eigenvalue weighted by atomic mass is 9.80. The van der Waals surface area contributed by atoms with E-state index in [1.54, 1.807) is 67.6 Å². The quantitative estimate of drug-likeness (QED) is 0.151. The SMILES string of the molecule is CC(C)(C)S[C@@H]([C@H](F)[C@](C)(COC(=O)c1ccccc1)[C@@H](COC(=O)c1ccccc1)O[Si](C)(C)C(C)(C)C)n1ccc(=O)[nH]c1=O. The molecule has 0 aliphatic carbocycles. The molecule has 12 heteroatoms. The van der Waals surface area contributed by atoms with Gasteiger partial charge in [-0.1, -0.05) is 84.9 Å². The van der Waals surface area contributed by atoms with E-state index in [1.165, 1.54) is 18.0 Å². The molecule has 0 saturated heterocycles. The number of H-pyrrole nitrogens is 1. The van der Waals surface area contributed by atoms with Crippen LogP contribution in [0, 0.1) is 5.41 Å². The zero-order valence-electron chi connectivity index (χ0n) is 28.7. The van der Waals surface area contributed by atoms with Crippen LogP contribution in [0.5, 0.6) is 0 Å². The van der Waals surface area contributed by atoms with Crippen molar-refractivity contribution in [1.82, 2.24) is 9.55 Å². The van der Waals surface area contributed by atoms with Crippen LogP contribution in [-0.4, -0.2) is 60.0 Å². The van der Waals surface area contributed by atoms with Gasteiger partial charge in [-0.3, -0.25) is 14.3 Å². The minimum atomic E-state index is -2.70. The smallest absolute Gasteiger partial charge is 0.338 e. The summed E-state index contributed by atoms with van der Waals surface area (Å²) in [5.41, 5.74) is -2.49. The Morgan fingerprint density at radius 3 is 1.83 bits per heavy atom. The molecule has 2 aromatic carbocycles. The zero-order chi connectivity index (χ0) is 35.2. The number of rotatable bonds is 13. The number of benzene rings is 2. The van der Waals surface area contributed by atoms with Crippen LogP contribution in [0.3, 0.4) is 0 Å². The van der Waals surface area contributed by atoms with Crippen LogP contribution in [0.2, 0.25) is 18.1 Å². The number of hydrogen-bond donors (Lipinski definition) is 1. The highest BCUT2D eigenvalue weighted by atomic mass is 32.2. The van der Waals surface area contributed by atoms with E-state index in [0.29, 0.717) is 5.56 Å². The van der Waals surface area contributed by atoms with Crippen LogP contribution in [-0.2, 0) is 13.9 Å². The summed E-state index contributed by atoms with van der Waals surface area (Å²) < 4.78 is 36.8. The first-order valence-electron chi connectivity index (χ1n) is 15.5. The molecule has 3 aromatic rings. The van der Waals surface area contributed by atoms with Gasteiger partial charge in [-0.2, -0.15) is 0 Å². The van der Waals surface area contributed by atoms with Crippen molar-refractivity contribution in [1.29, 1.82) is 0 Å². The van der Waals surface area contributed by atoms with E-state index < -0.39 is 65.9 Å². The summed E-state index contributed by atoms with van der Waals surface area (Å²) in [4.78, 5) is 53.7. The zero-order valence-corrected chi connectivity index (χ0v) is 30.5. The number of nitrogens with one attached hydrogen (secondary N) is 1. The Kier molecular flexibility index (Phi) is 12.3. The number of thioether (sulfide) groups is 1. The number of esters is 2. The molecule has 3 rings (SSSR count). The Morgan fingerprint density at radius 1 is 0.851 bits per heavy atom. The van der Waals surface area contributed by atoms with Crippen LogP contribution in [0.25, 0.3) is 0 Å². The summed E-state index contributed by atoms with van der Waals surface area (Å²) in [6, 6.07) is 17.9. The Morgan fingerprint density at radius 2 is 1.36 bits per heavy atom. The predicted octanol–water partition coefficient (Wildman–Crippen LogP) is 7.02. The largest absolute Gasteiger partial charge is 0.461 e. The first-order valence-corrected chi connectivity index (χ1v) is 19.3. The average molecular weight is 687 g/mol. The summed E-state index contributed by atoms with van der Waals surface area (Å²) in [5.74, 6) is -1.29. The number of nitrogens with zero attached hydrogens (tertiary/aromatic N) is 1. The number of carbonyl (C=O) groups excluding carboxylic acids is 2. The fraction of sp³-hybridized carbons (Fsp3) is 0.486. The molecule has 1 N–H and O–H groups in total. The molecule has 1 aromatic heterocycles. The van der Waals surface area contributed by atoms with Crippen molar-refractivity contribution in [3.63, 3.8) is 0 Å². The molecule has 0 bridgehead atoms. The van der Waals surface area contributed by atoms with Gasteiger partial charge in [0.2, 0.25) is 0 Å². The molecule has 47 heavy (non-hydrogen) atoms. The lowest BCUT2D eigenvalue weighted by Gasteiger charge is -2.47. The molecule has 256 valence electrons. The first kappa shape index (κ1) is 38.0. The number of halogens is 1. The van der Waals surface area contributed by atoms with E-state index in [4.69, 9.17) is 13.9 Å². The molecule has 0 aliphatic rings. The minimum absolute atomic E-state index is 0.278. The third kappa shape index (κ3) is 10.0. The molecule has 4 atom stereocenters. The van der Waals surface area contributed by atoms with E-state index in [-0.39, 0.29) is 17.2 Å². The van der Waals surface area contributed by atoms with Crippen molar-refractivity contribution in [3.8, 4) is 0 Å². The maximum Gasteiger partial charge on any atom is 0.338 e. The molecule has 0 fully saturated rings. The summed E-state index contributed by atoms with van der Waals surface area (Å²) in [6.07, 6.45) is -1.78. The van der Waals surface area contributed by atoms with Gasteiger partial charge in [-0.25, -0.2) is 18.8 Å². The van der Waals surface area contributed by atoms with Gasteiger partial charge in [-0.05, 0) is 42.4 Å². The number of hydrogen-bond acceptors (Lipinski definition) is 8. The first-order chi connectivity index (χ1) is 21.7. The van der Waals surface area contributed by atoms with Crippen molar-refractivity contribution in [3.05, 3.63) is 105 Å². The highest BCUT2D eigenvalue weighted by Crippen LogP contribution is 2.48. The van der Waals surface area contributed by atoms with E-state index in [9.17, 15) is 19.2 Å². The predicted molar refractivity (Wildman–Crippen MR) is 186 cm³/mol. The second-order valence-electron chi connectivity index (χ2n) is 14.3. The molecule has 0 unspecified atom stereocenters. The van der Waals surface area contributed by atoms with Crippen LogP contribution in [0.1, 0.15) is 74.6 Å². The van der Waals surface area contributed by atoms with Crippen molar-refractivity contribution in [2.45, 2.75) is 89.0 Å². The summed E-state index contributed by atoms with van der Waals surface area (Å²) >= 11 is 1.18. The lowest BCUT2D eigenvalue weighted by molar-refractivity contribution is -0.0856. The fourth-order valence-electron chi connectivity index (χ4n) is 4.50. The van der Waals surface area contributed by atoms with Crippen molar-refractivity contribution in [2.24, 2.45) is 5.41 Å². The van der Waals surface area contributed by atoms with Crippen molar-refractivity contribution < 1.29 is 27.9 Å². The number of carbonyl (C=O) groups is 2. The van der Waals surface area contributed by atoms with Crippen molar-refractivity contribution >= 4 is 32.0 Å². The maximum atomic E-state index is 17.8. The number of aromatic amines is 1. The molecular weight excluding hydrogens is 640 g/mol. The van der Waals surface area contributed by atoms with E-state index >= 15 is 4.39 Å². The van der Waals surface area contributed by atoms with Crippen LogP contribution in [0.15, 0.2) is 82.5 Å². The second kappa shape index (κ2) is 15.2. The average Bonchev–Trinajstić information content (AvgIpc) is 3.00. The summed E-state index contributed by atoms with van der Waals surface area (Å²) in [7, 11) is -2.70. The highest BCUT2D eigenvalue weighted by molar-refractivity contribution is 8.00. The fourth-order valence-corrected chi connectivity index (χ4v) is 7.34. The van der Waals surface area contributed by atoms with Gasteiger partial charge < -0.3 is 13.9 Å². The van der Waals surface area contributed by atoms with E-state index in [2.05, 4.69) is 4.98 Å². The molecule has 0 saturated carbocycles. The monoisotopic (exact) mass is 686 g/mol. The van der Waals surface area contributed by atoms with Gasteiger partial charge >= 0.3 is 17.6 Å². The van der Waals surface area contributed by atoms with E-state index in [1.807, 2.05) is 54.6 Å².